The number of hydrogen-bond acceptors (Lipinski definition) is 0. The molecule has 0 atom stereocenters. The van der Waals surface area contributed by atoms with E-state index in [4.69, 9.17) is 0 Å². The zero-order chi connectivity index (χ0) is 7.11. The molecule has 0 saturated carbocycles. The van der Waals surface area contributed by atoms with Gasteiger partial charge in [-0.15, -0.1) is 0 Å². The Kier molecular flexibility index (Phi) is 5.88. The van der Waals surface area contributed by atoms with Crippen molar-refractivity contribution in [2.45, 2.75) is 0 Å². The molecule has 0 unspecified atom stereocenters. The minimum Gasteiger partial charge on any atom is -0.214 e. The summed E-state index contributed by atoms with van der Waals surface area (Å²) in [6.07, 6.45) is 0. The Bertz CT molecular complexity index is 95.8. The van der Waals surface area contributed by atoms with E-state index in [2.05, 4.69) is 0 Å². The summed E-state index contributed by atoms with van der Waals surface area (Å²) < 4.78 is 29.5. The average Bonchev–Trinajstić information content (AvgIpc) is 2.11. The van der Waals surface area contributed by atoms with Crippen molar-refractivity contribution in [1.29, 1.82) is 0 Å². The third-order valence-corrected chi connectivity index (χ3v) is 0.556. The fourth-order valence-electron chi connectivity index (χ4n) is 0.321. The maximum atomic E-state index is 9.83. The molecular weight excluding hydrogens is 165 g/mol. The Balaban J connectivity index is 0.000000148. The van der Waals surface area contributed by atoms with E-state index in [0.29, 0.717) is 0 Å². The van der Waals surface area contributed by atoms with Crippen molar-refractivity contribution < 1.29 is 28.8 Å². The SMILES string of the molecule is [F][Ti+]([F])[F].c1cc[cH-]c1. The van der Waals surface area contributed by atoms with Gasteiger partial charge in [0.25, 0.3) is 0 Å². The van der Waals surface area contributed by atoms with E-state index < -0.39 is 19.5 Å². The number of rotatable bonds is 0. The largest absolute Gasteiger partial charge is 0.214 e. The predicted molar refractivity (Wildman–Crippen MR) is 25.4 cm³/mol. The quantitative estimate of drug-likeness (QED) is 0.414. The summed E-state index contributed by atoms with van der Waals surface area (Å²) in [5.41, 5.74) is 0. The molecule has 0 saturated heterocycles. The normalized spacial score (nSPS) is 7.44. The van der Waals surface area contributed by atoms with Crippen molar-refractivity contribution >= 4 is 0 Å². The van der Waals surface area contributed by atoms with Gasteiger partial charge in [-0.25, -0.2) is 12.1 Å². The van der Waals surface area contributed by atoms with Gasteiger partial charge in [0.15, 0.2) is 0 Å². The molecule has 0 aliphatic carbocycles. The Morgan fingerprint density at radius 2 is 1.33 bits per heavy atom. The molecule has 0 nitrogen and oxygen atoms in total. The Hall–Kier alpha value is -0.146. The molecule has 4 heteroatoms. The van der Waals surface area contributed by atoms with Crippen molar-refractivity contribution in [3.63, 3.8) is 0 Å². The molecule has 1 aromatic carbocycles. The van der Waals surface area contributed by atoms with Crippen molar-refractivity contribution in [2.24, 2.45) is 0 Å². The van der Waals surface area contributed by atoms with Crippen molar-refractivity contribution in [2.75, 3.05) is 0 Å². The van der Waals surface area contributed by atoms with Gasteiger partial charge < -0.3 is 0 Å². The molecule has 50 valence electrons. The molecule has 0 heterocycles. The van der Waals surface area contributed by atoms with Crippen LogP contribution in [0, 0.1) is 0 Å². The molecule has 0 N–H and O–H groups in total. The first-order valence-electron chi connectivity index (χ1n) is 2.23. The van der Waals surface area contributed by atoms with Gasteiger partial charge in [-0.2, -0.15) is 18.2 Å². The summed E-state index contributed by atoms with van der Waals surface area (Å²) in [4.78, 5) is 0. The molecule has 0 spiro atoms. The molecule has 1 aromatic rings. The molecule has 0 aliphatic rings. The van der Waals surface area contributed by atoms with Gasteiger partial charge in [-0.1, -0.05) is 0 Å². The van der Waals surface area contributed by atoms with E-state index in [0.717, 1.165) is 0 Å². The van der Waals surface area contributed by atoms with E-state index in [1.165, 1.54) is 0 Å². The minimum atomic E-state index is -4.83. The zero-order valence-corrected chi connectivity index (χ0v) is 6.08. The van der Waals surface area contributed by atoms with Crippen LogP contribution < -0.4 is 0 Å². The Labute approximate surface area is 59.5 Å². The maximum absolute atomic E-state index is 9.83. The summed E-state index contributed by atoms with van der Waals surface area (Å²) in [5.74, 6) is 0. The molecule has 0 aliphatic heterocycles. The summed E-state index contributed by atoms with van der Waals surface area (Å²) in [5, 5.41) is 0. The van der Waals surface area contributed by atoms with Crippen LogP contribution in [0.4, 0.5) is 9.28 Å². The zero-order valence-electron chi connectivity index (χ0n) is 4.52. The fourth-order valence-corrected chi connectivity index (χ4v) is 0.321. The average molecular weight is 170 g/mol. The van der Waals surface area contributed by atoms with E-state index in [9.17, 15) is 9.28 Å². The topological polar surface area (TPSA) is 0 Å². The first-order chi connectivity index (χ1) is 4.23. The Morgan fingerprint density at radius 3 is 1.44 bits per heavy atom. The fraction of sp³-hybridized carbons (Fsp3) is 0. The van der Waals surface area contributed by atoms with Gasteiger partial charge in [-0.3, -0.25) is 0 Å². The monoisotopic (exact) mass is 170 g/mol. The van der Waals surface area contributed by atoms with Gasteiger partial charge in [0.2, 0.25) is 0 Å². The van der Waals surface area contributed by atoms with E-state index in [-0.39, 0.29) is 0 Å². The van der Waals surface area contributed by atoms with E-state index in [1.54, 1.807) is 0 Å². The molecule has 0 amide bonds. The van der Waals surface area contributed by atoms with Crippen LogP contribution in [0.25, 0.3) is 0 Å². The summed E-state index contributed by atoms with van der Waals surface area (Å²) in [6, 6.07) is 10.0. The molecule has 9 heavy (non-hydrogen) atoms. The first-order valence-corrected chi connectivity index (χ1v) is 4.00. The standard InChI is InChI=1S/C5H5.3FH.Ti/c1-2-4-5-3-1;;;;/h1-5H;3*1H;/q-1;;;;+4/p-3. The summed E-state index contributed by atoms with van der Waals surface area (Å²) in [6.45, 7) is 0. The van der Waals surface area contributed by atoms with Crippen molar-refractivity contribution in [3.8, 4) is 0 Å². The molecule has 1 rings (SSSR count). The van der Waals surface area contributed by atoms with Gasteiger partial charge in [0, 0.05) is 0 Å². The molecule has 0 radical (unpaired) electrons. The number of hydrogen-bond donors (Lipinski definition) is 0. The second-order valence-corrected chi connectivity index (χ2v) is 1.85. The summed E-state index contributed by atoms with van der Waals surface area (Å²) in [7, 11) is 0. The van der Waals surface area contributed by atoms with Crippen LogP contribution in [0.2, 0.25) is 0 Å². The number of halogens is 3. The third-order valence-electron chi connectivity index (χ3n) is 0.556. The van der Waals surface area contributed by atoms with Gasteiger partial charge in [0.05, 0.1) is 0 Å². The van der Waals surface area contributed by atoms with Crippen LogP contribution in [0.5, 0.6) is 0 Å². The van der Waals surface area contributed by atoms with Crippen LogP contribution in [0.1, 0.15) is 0 Å². The molecule has 0 bridgehead atoms. The predicted octanol–water partition coefficient (Wildman–Crippen LogP) is 2.66. The first kappa shape index (κ1) is 8.85. The third kappa shape index (κ3) is 11.4. The second-order valence-electron chi connectivity index (χ2n) is 1.18. The van der Waals surface area contributed by atoms with Crippen LogP contribution >= 0.6 is 0 Å². The minimum absolute atomic E-state index is 2.00. The van der Waals surface area contributed by atoms with Crippen molar-refractivity contribution in [1.82, 2.24) is 0 Å². The molecule has 0 aromatic heterocycles. The van der Waals surface area contributed by atoms with Crippen molar-refractivity contribution in [3.05, 3.63) is 30.3 Å². The maximum Gasteiger partial charge on any atom is -0.172 e. The van der Waals surface area contributed by atoms with Gasteiger partial charge >= 0.3 is 28.8 Å². The molecule has 0 fully saturated rings. The molecular formula is C5H5F3Ti. The van der Waals surface area contributed by atoms with Crippen LogP contribution in [-0.4, -0.2) is 0 Å². The van der Waals surface area contributed by atoms with Gasteiger partial charge in [-0.05, 0) is 0 Å². The van der Waals surface area contributed by atoms with Crippen LogP contribution in [-0.2, 0) is 19.5 Å². The second kappa shape index (κ2) is 5.98. The summed E-state index contributed by atoms with van der Waals surface area (Å²) >= 11 is -4.83. The Morgan fingerprint density at radius 1 is 1.00 bits per heavy atom. The van der Waals surface area contributed by atoms with Crippen LogP contribution in [0.3, 0.4) is 0 Å². The van der Waals surface area contributed by atoms with Crippen LogP contribution in [0.15, 0.2) is 30.3 Å². The smallest absolute Gasteiger partial charge is 0.172 e. The van der Waals surface area contributed by atoms with Gasteiger partial charge in [0.1, 0.15) is 0 Å². The van der Waals surface area contributed by atoms with E-state index >= 15 is 0 Å². The van der Waals surface area contributed by atoms with E-state index in [1.807, 2.05) is 30.3 Å².